The third kappa shape index (κ3) is 4.01. The molecule has 1 rings (SSSR count). The highest BCUT2D eigenvalue weighted by Crippen LogP contribution is 2.19. The summed E-state index contributed by atoms with van der Waals surface area (Å²) in [7, 11) is 0. The Morgan fingerprint density at radius 3 is 2.62 bits per heavy atom. The summed E-state index contributed by atoms with van der Waals surface area (Å²) in [5, 5.41) is 0. The standard InChI is InChI=1S/C15H20O/c1-12(2)7-8-14-5-4-6-15(11-14)13(3)9-10-16/h4-8,10-13H,9H2,1-3H3. The van der Waals surface area contributed by atoms with E-state index in [0.717, 1.165) is 6.29 Å². The van der Waals surface area contributed by atoms with Gasteiger partial charge in [0.15, 0.2) is 0 Å². The molecule has 1 nitrogen and oxygen atoms in total. The Kier molecular flexibility index (Phi) is 4.97. The van der Waals surface area contributed by atoms with E-state index < -0.39 is 0 Å². The Hall–Kier alpha value is -1.37. The van der Waals surface area contributed by atoms with Gasteiger partial charge in [0.05, 0.1) is 0 Å². The zero-order chi connectivity index (χ0) is 12.0. The van der Waals surface area contributed by atoms with Gasteiger partial charge in [-0.1, -0.05) is 57.2 Å². The van der Waals surface area contributed by atoms with Gasteiger partial charge in [-0.3, -0.25) is 0 Å². The predicted molar refractivity (Wildman–Crippen MR) is 69.4 cm³/mol. The zero-order valence-electron chi connectivity index (χ0n) is 10.3. The third-order valence-corrected chi connectivity index (χ3v) is 2.60. The van der Waals surface area contributed by atoms with Crippen molar-refractivity contribution in [3.05, 3.63) is 41.5 Å². The van der Waals surface area contributed by atoms with Crippen molar-refractivity contribution in [2.45, 2.75) is 33.1 Å². The highest BCUT2D eigenvalue weighted by atomic mass is 16.1. The van der Waals surface area contributed by atoms with Crippen molar-refractivity contribution >= 4 is 12.4 Å². The summed E-state index contributed by atoms with van der Waals surface area (Å²) in [6, 6.07) is 8.39. The van der Waals surface area contributed by atoms with E-state index >= 15 is 0 Å². The highest BCUT2D eigenvalue weighted by Gasteiger charge is 2.04. The summed E-state index contributed by atoms with van der Waals surface area (Å²) in [6.07, 6.45) is 5.91. The lowest BCUT2D eigenvalue weighted by Crippen LogP contribution is -1.94. The van der Waals surface area contributed by atoms with Crippen LogP contribution in [0.2, 0.25) is 0 Å². The number of hydrogen-bond acceptors (Lipinski definition) is 1. The predicted octanol–water partition coefficient (Wildman–Crippen LogP) is 4.05. The van der Waals surface area contributed by atoms with E-state index in [1.165, 1.54) is 11.1 Å². The van der Waals surface area contributed by atoms with E-state index in [1.807, 2.05) is 0 Å². The van der Waals surface area contributed by atoms with Gasteiger partial charge in [-0.25, -0.2) is 0 Å². The number of allylic oxidation sites excluding steroid dienone is 1. The van der Waals surface area contributed by atoms with E-state index in [0.29, 0.717) is 18.3 Å². The number of aldehydes is 1. The molecule has 0 spiro atoms. The van der Waals surface area contributed by atoms with Crippen LogP contribution in [0.25, 0.3) is 6.08 Å². The third-order valence-electron chi connectivity index (χ3n) is 2.60. The summed E-state index contributed by atoms with van der Waals surface area (Å²) < 4.78 is 0. The van der Waals surface area contributed by atoms with Gasteiger partial charge in [0.1, 0.15) is 6.29 Å². The Balaban J connectivity index is 2.82. The lowest BCUT2D eigenvalue weighted by Gasteiger charge is -2.08. The topological polar surface area (TPSA) is 17.1 Å². The van der Waals surface area contributed by atoms with Crippen LogP contribution in [0.3, 0.4) is 0 Å². The largest absolute Gasteiger partial charge is 0.303 e. The molecule has 0 aliphatic heterocycles. The first-order valence-corrected chi connectivity index (χ1v) is 5.85. The van der Waals surface area contributed by atoms with Gasteiger partial charge >= 0.3 is 0 Å². The quantitative estimate of drug-likeness (QED) is 0.679. The molecule has 0 saturated heterocycles. The summed E-state index contributed by atoms with van der Waals surface area (Å²) in [5.41, 5.74) is 2.45. The maximum absolute atomic E-state index is 10.5. The summed E-state index contributed by atoms with van der Waals surface area (Å²) in [6.45, 7) is 6.41. The van der Waals surface area contributed by atoms with Crippen molar-refractivity contribution in [1.29, 1.82) is 0 Å². The van der Waals surface area contributed by atoms with E-state index in [4.69, 9.17) is 0 Å². The van der Waals surface area contributed by atoms with Crippen LogP contribution in [-0.2, 0) is 4.79 Å². The molecule has 86 valence electrons. The minimum atomic E-state index is 0.310. The van der Waals surface area contributed by atoms with Crippen molar-refractivity contribution in [3.8, 4) is 0 Å². The van der Waals surface area contributed by atoms with Crippen LogP contribution >= 0.6 is 0 Å². The Bertz CT molecular complexity index is 363. The second kappa shape index (κ2) is 6.26. The Labute approximate surface area is 98.2 Å². The maximum atomic E-state index is 10.5. The van der Waals surface area contributed by atoms with E-state index in [-0.39, 0.29) is 0 Å². The highest BCUT2D eigenvalue weighted by molar-refractivity contribution is 5.54. The van der Waals surface area contributed by atoms with Crippen LogP contribution < -0.4 is 0 Å². The van der Waals surface area contributed by atoms with Crippen molar-refractivity contribution in [1.82, 2.24) is 0 Å². The van der Waals surface area contributed by atoms with Crippen LogP contribution in [0.5, 0.6) is 0 Å². The molecule has 0 N–H and O–H groups in total. The van der Waals surface area contributed by atoms with Crippen molar-refractivity contribution in [2.75, 3.05) is 0 Å². The Morgan fingerprint density at radius 2 is 2.00 bits per heavy atom. The fraction of sp³-hybridized carbons (Fsp3) is 0.400. The van der Waals surface area contributed by atoms with Crippen LogP contribution in [0.1, 0.15) is 44.2 Å². The molecule has 0 amide bonds. The van der Waals surface area contributed by atoms with Gasteiger partial charge in [-0.15, -0.1) is 0 Å². The molecule has 0 saturated carbocycles. The number of hydrogen-bond donors (Lipinski definition) is 0. The van der Waals surface area contributed by atoms with Gasteiger partial charge in [0, 0.05) is 6.42 Å². The molecule has 0 aromatic heterocycles. The first-order chi connectivity index (χ1) is 7.63. The monoisotopic (exact) mass is 216 g/mol. The van der Waals surface area contributed by atoms with Crippen LogP contribution in [0.4, 0.5) is 0 Å². The van der Waals surface area contributed by atoms with E-state index in [2.05, 4.69) is 57.2 Å². The lowest BCUT2D eigenvalue weighted by atomic mass is 9.96. The van der Waals surface area contributed by atoms with Crippen LogP contribution in [0.15, 0.2) is 30.3 Å². The molecule has 0 bridgehead atoms. The number of carbonyl (C=O) groups excluding carboxylic acids is 1. The fourth-order valence-electron chi connectivity index (χ4n) is 1.55. The molecule has 0 radical (unpaired) electrons. The first-order valence-electron chi connectivity index (χ1n) is 5.85. The molecule has 0 aliphatic carbocycles. The molecule has 1 aromatic carbocycles. The molecule has 0 aliphatic rings. The maximum Gasteiger partial charge on any atom is 0.120 e. The molecule has 0 heterocycles. The average Bonchev–Trinajstić information content (AvgIpc) is 2.27. The number of carbonyl (C=O) groups is 1. The van der Waals surface area contributed by atoms with Crippen LogP contribution in [-0.4, -0.2) is 6.29 Å². The van der Waals surface area contributed by atoms with E-state index in [9.17, 15) is 4.79 Å². The second-order valence-electron chi connectivity index (χ2n) is 4.58. The lowest BCUT2D eigenvalue weighted by molar-refractivity contribution is -0.108. The Morgan fingerprint density at radius 1 is 1.25 bits per heavy atom. The molecular formula is C15H20O. The molecule has 1 atom stereocenters. The number of rotatable bonds is 5. The normalized spacial score (nSPS) is 13.2. The molecular weight excluding hydrogens is 196 g/mol. The van der Waals surface area contributed by atoms with Gasteiger partial charge in [0.2, 0.25) is 0 Å². The van der Waals surface area contributed by atoms with Gasteiger partial charge in [-0.2, -0.15) is 0 Å². The van der Waals surface area contributed by atoms with Gasteiger partial charge < -0.3 is 4.79 Å². The minimum Gasteiger partial charge on any atom is -0.303 e. The van der Waals surface area contributed by atoms with Gasteiger partial charge in [-0.05, 0) is 23.0 Å². The first kappa shape index (κ1) is 12.7. The van der Waals surface area contributed by atoms with Crippen LogP contribution in [0, 0.1) is 5.92 Å². The van der Waals surface area contributed by atoms with Crippen molar-refractivity contribution in [3.63, 3.8) is 0 Å². The SMILES string of the molecule is CC(C)C=Cc1cccc(C(C)CC=O)c1. The van der Waals surface area contributed by atoms with Crippen molar-refractivity contribution in [2.24, 2.45) is 5.92 Å². The average molecular weight is 216 g/mol. The zero-order valence-corrected chi connectivity index (χ0v) is 10.3. The fourth-order valence-corrected chi connectivity index (χ4v) is 1.55. The summed E-state index contributed by atoms with van der Waals surface area (Å²) >= 11 is 0. The number of benzene rings is 1. The smallest absolute Gasteiger partial charge is 0.120 e. The van der Waals surface area contributed by atoms with Crippen molar-refractivity contribution < 1.29 is 4.79 Å². The van der Waals surface area contributed by atoms with Gasteiger partial charge in [0.25, 0.3) is 0 Å². The van der Waals surface area contributed by atoms with E-state index in [1.54, 1.807) is 0 Å². The second-order valence-corrected chi connectivity index (χ2v) is 4.58. The molecule has 1 aromatic rings. The molecule has 1 heteroatoms. The summed E-state index contributed by atoms with van der Waals surface area (Å²) in [5.74, 6) is 0.876. The molecule has 0 fully saturated rings. The summed E-state index contributed by atoms with van der Waals surface area (Å²) in [4.78, 5) is 10.5. The molecule has 1 unspecified atom stereocenters. The molecule has 16 heavy (non-hydrogen) atoms. The minimum absolute atomic E-state index is 0.310.